The van der Waals surface area contributed by atoms with Gasteiger partial charge >= 0.3 is 0 Å². The van der Waals surface area contributed by atoms with E-state index in [0.717, 1.165) is 173 Å². The summed E-state index contributed by atoms with van der Waals surface area (Å²) in [6.45, 7) is 20.6. The molecule has 8 heterocycles. The Morgan fingerprint density at radius 2 is 0.576 bits per heavy atom. The largest absolute Gasteiger partial charge is 0.454 e. The second-order valence-corrected chi connectivity index (χ2v) is 35.9. The van der Waals surface area contributed by atoms with E-state index in [9.17, 15) is 0 Å². The van der Waals surface area contributed by atoms with E-state index in [-0.39, 0.29) is 29.7 Å². The SMILES string of the molecule is CC(C)(C)c1ccc2c(c1)N(c1cccc3c1oc1ccccc13)c1cc(C(C)(C)C)cc3c1B2c1cc2c(cc1N3c1cccc3c1oc1ccccc13)N(c1c(-c3ccccc3)cccc1-c1ccccc1)c1cc(C(C)(C)C)cc3c1B2c1ccc(-n2c4ccccc4c4ccccc42)cc1N3c1cccc2c1oc1ccccc12. The molecular weight excluding hydrogens is 1440 g/mol. The van der Waals surface area contributed by atoms with Gasteiger partial charge in [0.1, 0.15) is 16.7 Å². The van der Waals surface area contributed by atoms with Crippen LogP contribution in [0.5, 0.6) is 0 Å². The summed E-state index contributed by atoms with van der Waals surface area (Å²) in [5.74, 6) is 0. The molecule has 0 amide bonds. The summed E-state index contributed by atoms with van der Waals surface area (Å²) in [6, 6.07) is 123. The Kier molecular flexibility index (Phi) is 14.4. The molecule has 4 aliphatic rings. The average molecular weight is 1520 g/mol. The molecule has 4 aliphatic heterocycles. The van der Waals surface area contributed by atoms with Gasteiger partial charge in [0.25, 0.3) is 13.4 Å². The van der Waals surface area contributed by atoms with Crippen molar-refractivity contribution in [3.63, 3.8) is 0 Å². The van der Waals surface area contributed by atoms with Crippen molar-refractivity contribution in [3.8, 4) is 27.9 Å². The number of fused-ring (bicyclic) bond motifs is 20. The van der Waals surface area contributed by atoms with Crippen molar-refractivity contribution in [2.75, 3.05) is 19.6 Å². The van der Waals surface area contributed by atoms with Gasteiger partial charge in [-0.2, -0.15) is 0 Å². The van der Waals surface area contributed by atoms with Gasteiger partial charge in [-0.15, -0.1) is 0 Å². The molecule has 20 aromatic rings. The van der Waals surface area contributed by atoms with Gasteiger partial charge in [0.15, 0.2) is 16.7 Å². The van der Waals surface area contributed by atoms with Crippen LogP contribution in [0.15, 0.2) is 341 Å². The zero-order valence-corrected chi connectivity index (χ0v) is 67.3. The van der Waals surface area contributed by atoms with Crippen molar-refractivity contribution >= 4 is 202 Å². The first-order valence-corrected chi connectivity index (χ1v) is 41.4. The van der Waals surface area contributed by atoms with Crippen LogP contribution in [0.3, 0.4) is 0 Å². The van der Waals surface area contributed by atoms with Crippen LogP contribution in [0.2, 0.25) is 0 Å². The number of nitrogens with zero attached hydrogens (tertiary/aromatic N) is 5. The number of aromatic nitrogens is 1. The first-order valence-electron chi connectivity index (χ1n) is 41.4. The maximum atomic E-state index is 7.43. The van der Waals surface area contributed by atoms with Crippen LogP contribution in [-0.2, 0) is 16.2 Å². The Morgan fingerprint density at radius 1 is 0.237 bits per heavy atom. The minimum absolute atomic E-state index is 0.216. The van der Waals surface area contributed by atoms with Crippen molar-refractivity contribution in [2.45, 2.75) is 78.6 Å². The normalized spacial score (nSPS) is 13.7. The van der Waals surface area contributed by atoms with Crippen LogP contribution in [0.25, 0.3) is 116 Å². The molecule has 0 radical (unpaired) electrons. The van der Waals surface area contributed by atoms with E-state index in [4.69, 9.17) is 13.3 Å². The first-order chi connectivity index (χ1) is 57.5. The van der Waals surface area contributed by atoms with Gasteiger partial charge in [-0.1, -0.05) is 293 Å². The van der Waals surface area contributed by atoms with Gasteiger partial charge < -0.3 is 37.4 Å². The quantitative estimate of drug-likeness (QED) is 0.147. The van der Waals surface area contributed by atoms with E-state index in [1.807, 2.05) is 0 Å². The summed E-state index contributed by atoms with van der Waals surface area (Å²) in [5.41, 5.74) is 35.4. The standard InChI is InChI=1S/C108H81B2N5O3/c1-106(2,3)66-52-54-80-89(56-66)112(86-46-27-41-77-74-36-18-23-49-97(74)116-103(77)86)93-57-67(107(4,5)6)58-94-100(93)109(80)82-62-83-92(63-91(82)114(94)88-48-29-43-79-76-38-20-25-51-99(76)118-105(79)88)115(102-70(64-30-12-10-13-31-64)39-26-40-71(102)65-32-14-11-15-33-65)96-60-68(108(7,8)9)59-95-101(96)110(83)81-55-53-69(111-84-44-21-16-34-72(84)73-35-17-22-45-85(73)111)61-90(81)113(95)87-47-28-42-78-75-37-19-24-50-98(75)117-104(78)87/h10-63H,1-9H3. The third kappa shape index (κ3) is 9.86. The molecule has 0 bridgehead atoms. The van der Waals surface area contributed by atoms with Gasteiger partial charge in [-0.3, -0.25) is 0 Å². The second kappa shape index (κ2) is 24.8. The highest BCUT2D eigenvalue weighted by atomic mass is 16.3. The zero-order chi connectivity index (χ0) is 79.1. The minimum Gasteiger partial charge on any atom is -0.454 e. The van der Waals surface area contributed by atoms with E-state index in [0.29, 0.717) is 0 Å². The maximum absolute atomic E-state index is 7.43. The van der Waals surface area contributed by atoms with Crippen LogP contribution in [0, 0.1) is 0 Å². The molecule has 0 spiro atoms. The fourth-order valence-corrected chi connectivity index (χ4v) is 20.4. The Labute approximate surface area is 685 Å². The van der Waals surface area contributed by atoms with Crippen LogP contribution >= 0.6 is 0 Å². The zero-order valence-electron chi connectivity index (χ0n) is 67.3. The number of hydrogen-bond donors (Lipinski definition) is 0. The van der Waals surface area contributed by atoms with E-state index >= 15 is 0 Å². The molecule has 24 rings (SSSR count). The average Bonchev–Trinajstić information content (AvgIpc) is 0.759. The maximum Gasteiger partial charge on any atom is 0.252 e. The number of rotatable bonds is 7. The predicted molar refractivity (Wildman–Crippen MR) is 498 cm³/mol. The molecule has 0 unspecified atom stereocenters. The molecule has 118 heavy (non-hydrogen) atoms. The smallest absolute Gasteiger partial charge is 0.252 e. The second-order valence-electron chi connectivity index (χ2n) is 35.9. The molecular formula is C108H81B2N5O3. The first kappa shape index (κ1) is 68.5. The lowest BCUT2D eigenvalue weighted by molar-refractivity contribution is 0.590. The molecule has 16 aromatic carbocycles. The summed E-state index contributed by atoms with van der Waals surface area (Å²) in [5, 5.41) is 8.84. The molecule has 562 valence electrons. The third-order valence-electron chi connectivity index (χ3n) is 26.0. The van der Waals surface area contributed by atoms with E-state index in [1.54, 1.807) is 0 Å². The van der Waals surface area contributed by atoms with Gasteiger partial charge in [0.05, 0.1) is 33.8 Å². The Hall–Kier alpha value is -14.0. The molecule has 8 nitrogen and oxygen atoms in total. The van der Waals surface area contributed by atoms with E-state index < -0.39 is 0 Å². The lowest BCUT2D eigenvalue weighted by Gasteiger charge is -2.48. The van der Waals surface area contributed by atoms with Crippen molar-refractivity contribution in [1.82, 2.24) is 4.57 Å². The third-order valence-corrected chi connectivity index (χ3v) is 26.0. The van der Waals surface area contributed by atoms with Gasteiger partial charge in [-0.05, 0) is 174 Å². The molecule has 0 N–H and O–H groups in total. The minimum atomic E-state index is -0.370. The molecule has 0 saturated heterocycles. The lowest BCUT2D eigenvalue weighted by atomic mass is 9.30. The number of hydrogen-bond acceptors (Lipinski definition) is 7. The fourth-order valence-electron chi connectivity index (χ4n) is 20.4. The summed E-state index contributed by atoms with van der Waals surface area (Å²) in [6.07, 6.45) is 0. The van der Waals surface area contributed by atoms with Gasteiger partial charge in [0, 0.05) is 105 Å². The highest BCUT2D eigenvalue weighted by Gasteiger charge is 2.51. The van der Waals surface area contributed by atoms with Crippen LogP contribution in [0.4, 0.5) is 68.2 Å². The monoisotopic (exact) mass is 1520 g/mol. The molecule has 0 fully saturated rings. The lowest BCUT2D eigenvalue weighted by Crippen LogP contribution is -2.65. The molecule has 10 heteroatoms. The predicted octanol–water partition coefficient (Wildman–Crippen LogP) is 25.9. The Morgan fingerprint density at radius 3 is 1.01 bits per heavy atom. The van der Waals surface area contributed by atoms with Crippen LogP contribution in [-0.4, -0.2) is 18.0 Å². The van der Waals surface area contributed by atoms with Crippen molar-refractivity contribution in [2.24, 2.45) is 0 Å². The summed E-state index contributed by atoms with van der Waals surface area (Å²) < 4.78 is 24.5. The molecule has 0 saturated carbocycles. The molecule has 0 aliphatic carbocycles. The molecule has 0 atom stereocenters. The number of anilines is 12. The number of para-hydroxylation sites is 9. The van der Waals surface area contributed by atoms with Gasteiger partial charge in [-0.25, -0.2) is 0 Å². The topological polar surface area (TPSA) is 57.3 Å². The summed E-state index contributed by atoms with van der Waals surface area (Å²) in [7, 11) is 0. The highest BCUT2D eigenvalue weighted by molar-refractivity contribution is 7.03. The summed E-state index contributed by atoms with van der Waals surface area (Å²) >= 11 is 0. The van der Waals surface area contributed by atoms with Crippen LogP contribution in [0.1, 0.15) is 79.0 Å². The summed E-state index contributed by atoms with van der Waals surface area (Å²) in [4.78, 5) is 10.5. The van der Waals surface area contributed by atoms with E-state index in [1.165, 1.54) is 60.2 Å². The van der Waals surface area contributed by atoms with Crippen molar-refractivity contribution in [1.29, 1.82) is 0 Å². The number of furan rings is 3. The van der Waals surface area contributed by atoms with Crippen molar-refractivity contribution in [3.05, 3.63) is 344 Å². The fraction of sp³-hybridized carbons (Fsp3) is 0.111. The van der Waals surface area contributed by atoms with Crippen molar-refractivity contribution < 1.29 is 13.3 Å². The van der Waals surface area contributed by atoms with E-state index in [2.05, 4.69) is 414 Å². The number of benzene rings is 16. The Balaban J connectivity index is 0.884. The molecule has 4 aromatic heterocycles. The van der Waals surface area contributed by atoms with Crippen LogP contribution < -0.4 is 52.4 Å². The van der Waals surface area contributed by atoms with Gasteiger partial charge in [0.2, 0.25) is 0 Å². The Bertz CT molecular complexity index is 7580. The highest BCUT2D eigenvalue weighted by Crippen LogP contribution is 2.57.